The Bertz CT molecular complexity index is 1930. The van der Waals surface area contributed by atoms with E-state index in [1.807, 2.05) is 12.1 Å². The van der Waals surface area contributed by atoms with Gasteiger partial charge in [0.05, 0.1) is 23.9 Å². The summed E-state index contributed by atoms with van der Waals surface area (Å²) in [5.41, 5.74) is -0.235. The monoisotopic (exact) mass is 688 g/mol. The van der Waals surface area contributed by atoms with Crippen molar-refractivity contribution < 1.29 is 40.6 Å². The minimum Gasteiger partial charge on any atom is -0.495 e. The number of nitrogens with zero attached hydrogens (tertiary/aromatic N) is 1. The number of halogens is 4. The molecule has 2 fully saturated rings. The number of methoxy groups -OCH3 is 1. The second-order valence-electron chi connectivity index (χ2n) is 12.4. The smallest absolute Gasteiger partial charge is 0.417 e. The second-order valence-corrected chi connectivity index (χ2v) is 14.8. The summed E-state index contributed by atoms with van der Waals surface area (Å²) in [6.45, 7) is 2.19. The van der Waals surface area contributed by atoms with Gasteiger partial charge in [-0.05, 0) is 71.8 Å². The lowest BCUT2D eigenvalue weighted by molar-refractivity contribution is -0.137. The van der Waals surface area contributed by atoms with Gasteiger partial charge in [-0.25, -0.2) is 14.2 Å². The Morgan fingerprint density at radius 3 is 2.32 bits per heavy atom. The molecule has 0 saturated heterocycles. The molecule has 47 heavy (non-hydrogen) atoms. The van der Waals surface area contributed by atoms with E-state index < -0.39 is 44.1 Å². The van der Waals surface area contributed by atoms with Gasteiger partial charge in [-0.1, -0.05) is 56.2 Å². The summed E-state index contributed by atoms with van der Waals surface area (Å²) in [7, 11) is -3.32. The van der Waals surface area contributed by atoms with Crippen LogP contribution in [-0.2, 0) is 21.6 Å². The number of ether oxygens (including phenoxy) is 1. The Morgan fingerprint density at radius 1 is 1.06 bits per heavy atom. The SMILES string of the molecule is CCC1(c2ccc(-c3ccc(-c4nc(S(=O)(=O)Nc5cc(F)c(C(=O)O)cc5OC)cs4)cc3C(F)(F)F)cc2)CC2CC[C@@H](C2)C1. The third kappa shape index (κ3) is 6.34. The summed E-state index contributed by atoms with van der Waals surface area (Å²) >= 11 is 0.825. The van der Waals surface area contributed by atoms with Crippen LogP contribution in [0.3, 0.4) is 0 Å². The van der Waals surface area contributed by atoms with E-state index in [0.29, 0.717) is 23.5 Å². The largest absolute Gasteiger partial charge is 0.495 e. The number of benzene rings is 3. The normalized spacial score (nSPS) is 21.1. The highest BCUT2D eigenvalue weighted by Gasteiger charge is 2.43. The zero-order valence-electron chi connectivity index (χ0n) is 25.5. The Morgan fingerprint density at radius 2 is 1.72 bits per heavy atom. The Kier molecular flexibility index (Phi) is 8.58. The second kappa shape index (κ2) is 12.2. The van der Waals surface area contributed by atoms with Crippen LogP contribution >= 0.6 is 11.3 Å². The fourth-order valence-corrected chi connectivity index (χ4v) is 9.46. The number of nitrogens with one attached hydrogen (secondary N) is 1. The summed E-state index contributed by atoms with van der Waals surface area (Å²) in [6.07, 6.45) is 2.31. The van der Waals surface area contributed by atoms with Crippen molar-refractivity contribution in [3.05, 3.63) is 82.5 Å². The van der Waals surface area contributed by atoms with E-state index in [1.54, 1.807) is 12.1 Å². The molecule has 4 aromatic rings. The van der Waals surface area contributed by atoms with E-state index in [2.05, 4.69) is 16.6 Å². The Hall–Kier alpha value is -3.97. The molecule has 0 spiro atoms. The molecule has 7 nitrogen and oxygen atoms in total. The topological polar surface area (TPSA) is 106 Å². The maximum Gasteiger partial charge on any atom is 0.417 e. The first kappa shape index (κ1) is 33.0. The van der Waals surface area contributed by atoms with Crippen LogP contribution in [0.4, 0.5) is 23.2 Å². The van der Waals surface area contributed by atoms with Crippen LogP contribution < -0.4 is 9.46 Å². The highest BCUT2D eigenvalue weighted by Crippen LogP contribution is 2.53. The molecule has 1 heterocycles. The minimum absolute atomic E-state index is 0.00654. The predicted octanol–water partition coefficient (Wildman–Crippen LogP) is 9.00. The highest BCUT2D eigenvalue weighted by atomic mass is 32.2. The molecule has 2 unspecified atom stereocenters. The van der Waals surface area contributed by atoms with Crippen LogP contribution in [0.1, 0.15) is 66.9 Å². The van der Waals surface area contributed by atoms with Crippen LogP contribution in [0.5, 0.6) is 5.75 Å². The molecule has 2 bridgehead atoms. The number of aromatic carboxylic acids is 1. The molecule has 2 aliphatic rings. The number of anilines is 1. The van der Waals surface area contributed by atoms with Gasteiger partial charge in [0, 0.05) is 17.0 Å². The van der Waals surface area contributed by atoms with Gasteiger partial charge in [0.2, 0.25) is 0 Å². The summed E-state index contributed by atoms with van der Waals surface area (Å²) in [6, 6.07) is 12.7. The third-order valence-corrected chi connectivity index (χ3v) is 11.9. The molecule has 2 aliphatic carbocycles. The van der Waals surface area contributed by atoms with E-state index >= 15 is 0 Å². The summed E-state index contributed by atoms with van der Waals surface area (Å²) in [5.74, 6) is -1.60. The van der Waals surface area contributed by atoms with E-state index in [1.165, 1.54) is 37.0 Å². The minimum atomic E-state index is -4.70. The van der Waals surface area contributed by atoms with Crippen LogP contribution in [0.25, 0.3) is 21.7 Å². The number of rotatable bonds is 9. The van der Waals surface area contributed by atoms with Crippen molar-refractivity contribution in [2.45, 2.75) is 62.1 Å². The Balaban J connectivity index is 1.28. The zero-order valence-corrected chi connectivity index (χ0v) is 27.2. The third-order valence-electron chi connectivity index (χ3n) is 9.59. The number of sulfonamides is 1. The van der Waals surface area contributed by atoms with Crippen molar-refractivity contribution in [2.75, 3.05) is 11.8 Å². The lowest BCUT2D eigenvalue weighted by atomic mass is 9.64. The number of aromatic nitrogens is 1. The van der Waals surface area contributed by atoms with Crippen molar-refractivity contribution >= 4 is 33.0 Å². The molecule has 3 aromatic carbocycles. The van der Waals surface area contributed by atoms with Gasteiger partial charge in [0.25, 0.3) is 10.0 Å². The van der Waals surface area contributed by atoms with Crippen molar-refractivity contribution in [2.24, 2.45) is 11.8 Å². The van der Waals surface area contributed by atoms with Crippen molar-refractivity contribution in [1.82, 2.24) is 4.98 Å². The summed E-state index contributed by atoms with van der Waals surface area (Å²) < 4.78 is 90.9. The molecule has 2 saturated carbocycles. The fraction of sp³-hybridized carbons (Fsp3) is 0.353. The highest BCUT2D eigenvalue weighted by molar-refractivity contribution is 7.92. The van der Waals surface area contributed by atoms with E-state index in [4.69, 9.17) is 9.84 Å². The van der Waals surface area contributed by atoms with Crippen LogP contribution in [0.15, 0.2) is 65.0 Å². The molecular formula is C34H32F4N2O5S2. The number of hydrogen-bond acceptors (Lipinski definition) is 6. The van der Waals surface area contributed by atoms with Gasteiger partial charge in [-0.2, -0.15) is 21.6 Å². The molecule has 0 radical (unpaired) electrons. The zero-order chi connectivity index (χ0) is 33.7. The van der Waals surface area contributed by atoms with E-state index in [9.17, 15) is 30.8 Å². The number of carboxylic acids is 1. The lowest BCUT2D eigenvalue weighted by Crippen LogP contribution is -2.33. The van der Waals surface area contributed by atoms with Gasteiger partial charge in [-0.15, -0.1) is 11.3 Å². The standard InChI is InChI=1S/C34H32F4N2O5S2/c1-3-33(16-19-4-5-20(12-19)17-33)23-9-6-21(7-10-23)24-11-8-22(13-26(24)34(36,37)38)31-39-30(18-46-31)47(43,44)40-28-15-27(35)25(32(41)42)14-29(28)45-2/h6-11,13-15,18-20,40H,3-5,12,16-17H2,1-2H3,(H,41,42)/t19-,20?,33?/m0/s1. The van der Waals surface area contributed by atoms with Crippen molar-refractivity contribution in [3.63, 3.8) is 0 Å². The summed E-state index contributed by atoms with van der Waals surface area (Å²) in [4.78, 5) is 15.3. The van der Waals surface area contributed by atoms with Crippen molar-refractivity contribution in [3.8, 4) is 27.4 Å². The first-order valence-corrected chi connectivity index (χ1v) is 17.5. The van der Waals surface area contributed by atoms with E-state index in [0.717, 1.165) is 55.2 Å². The van der Waals surface area contributed by atoms with Gasteiger partial charge in [-0.3, -0.25) is 4.72 Å². The Labute approximate surface area is 273 Å². The number of fused-ring (bicyclic) bond motifs is 2. The number of carboxylic acid groups (broad SMARTS) is 1. The molecular weight excluding hydrogens is 657 g/mol. The fourth-order valence-electron chi connectivity index (χ4n) is 7.31. The molecule has 0 amide bonds. The van der Waals surface area contributed by atoms with Gasteiger partial charge >= 0.3 is 12.1 Å². The molecule has 13 heteroatoms. The van der Waals surface area contributed by atoms with Crippen molar-refractivity contribution in [1.29, 1.82) is 0 Å². The molecule has 3 atom stereocenters. The van der Waals surface area contributed by atoms with Gasteiger partial charge < -0.3 is 9.84 Å². The average molecular weight is 689 g/mol. The molecule has 1 aromatic heterocycles. The summed E-state index contributed by atoms with van der Waals surface area (Å²) in [5, 5.41) is 9.78. The first-order valence-electron chi connectivity index (χ1n) is 15.1. The number of thiazole rings is 1. The van der Waals surface area contributed by atoms with Gasteiger partial charge in [0.15, 0.2) is 5.03 Å². The maximum absolute atomic E-state index is 14.4. The number of alkyl halides is 3. The lowest BCUT2D eigenvalue weighted by Gasteiger charge is -2.41. The average Bonchev–Trinajstić information content (AvgIpc) is 3.67. The molecule has 2 N–H and O–H groups in total. The van der Waals surface area contributed by atoms with Crippen LogP contribution in [0, 0.1) is 17.7 Å². The first-order chi connectivity index (χ1) is 22.2. The number of carbonyl (C=O) groups is 1. The molecule has 248 valence electrons. The quantitative estimate of drug-likeness (QED) is 0.170. The molecule has 6 rings (SSSR count). The molecule has 0 aliphatic heterocycles. The van der Waals surface area contributed by atoms with Crippen LogP contribution in [-0.4, -0.2) is 31.6 Å². The van der Waals surface area contributed by atoms with E-state index in [-0.39, 0.29) is 33.0 Å². The van der Waals surface area contributed by atoms with Gasteiger partial charge in [0.1, 0.15) is 16.6 Å². The maximum atomic E-state index is 14.4. The number of hydrogen-bond donors (Lipinski definition) is 2. The predicted molar refractivity (Wildman–Crippen MR) is 171 cm³/mol. The van der Waals surface area contributed by atoms with Crippen LogP contribution in [0.2, 0.25) is 0 Å².